The van der Waals surface area contributed by atoms with Crippen molar-refractivity contribution in [2.75, 3.05) is 45.8 Å². The summed E-state index contributed by atoms with van der Waals surface area (Å²) in [4.78, 5) is 9.95. The molecule has 2 aliphatic heterocycles. The molecule has 1 saturated carbocycles. The van der Waals surface area contributed by atoms with Crippen LogP contribution in [0, 0.1) is 5.41 Å². The van der Waals surface area contributed by atoms with Crippen molar-refractivity contribution in [3.63, 3.8) is 0 Å². The van der Waals surface area contributed by atoms with Gasteiger partial charge in [0, 0.05) is 45.8 Å². The Bertz CT molecular complexity index is 425. The number of nitrogens with one attached hydrogen (secondary N) is 1. The fourth-order valence-corrected chi connectivity index (χ4v) is 4.57. The third kappa shape index (κ3) is 4.42. The molecule has 1 N–H and O–H groups in total. The number of hydrogen-bond donors (Lipinski definition) is 1. The second-order valence-electron chi connectivity index (χ2n) is 8.13. The van der Waals surface area contributed by atoms with Gasteiger partial charge in [0.25, 0.3) is 0 Å². The van der Waals surface area contributed by atoms with Crippen LogP contribution >= 0.6 is 0 Å². The number of nitrogens with zero attached hydrogens (tertiary/aromatic N) is 3. The average molecular weight is 337 g/mol. The van der Waals surface area contributed by atoms with E-state index >= 15 is 0 Å². The van der Waals surface area contributed by atoms with Gasteiger partial charge in [0.2, 0.25) is 0 Å². The summed E-state index contributed by atoms with van der Waals surface area (Å²) in [7, 11) is 0. The minimum Gasteiger partial charge on any atom is -0.373 e. The Morgan fingerprint density at radius 3 is 2.54 bits per heavy atom. The fraction of sp³-hybridized carbons (Fsp3) is 0.947. The molecule has 2 saturated heterocycles. The number of morpholine rings is 1. The minimum absolute atomic E-state index is 0.359. The second kappa shape index (κ2) is 8.05. The van der Waals surface area contributed by atoms with Crippen molar-refractivity contribution in [2.45, 2.75) is 65.1 Å². The summed E-state index contributed by atoms with van der Waals surface area (Å²) >= 11 is 0. The highest BCUT2D eigenvalue weighted by atomic mass is 16.5. The number of ether oxygens (including phenoxy) is 1. The molecule has 0 amide bonds. The van der Waals surface area contributed by atoms with Crippen molar-refractivity contribution in [2.24, 2.45) is 10.4 Å². The van der Waals surface area contributed by atoms with E-state index in [1.165, 1.54) is 38.8 Å². The first kappa shape index (κ1) is 18.0. The molecule has 2 heterocycles. The van der Waals surface area contributed by atoms with Gasteiger partial charge in [-0.15, -0.1) is 0 Å². The van der Waals surface area contributed by atoms with Crippen molar-refractivity contribution < 1.29 is 4.74 Å². The van der Waals surface area contributed by atoms with E-state index in [2.05, 4.69) is 35.9 Å². The van der Waals surface area contributed by atoms with Gasteiger partial charge < -0.3 is 15.0 Å². The molecular weight excluding hydrogens is 300 g/mol. The van der Waals surface area contributed by atoms with Crippen LogP contribution < -0.4 is 5.32 Å². The number of likely N-dealkylation sites (tertiary alicyclic amines) is 1. The summed E-state index contributed by atoms with van der Waals surface area (Å²) < 4.78 is 5.81. The maximum Gasteiger partial charge on any atom is 0.193 e. The standard InChI is InChI=1S/C19H36N4O/c1-4-20-18(23-12-9-19(15-23)7-5-8-19)21-10-6-11-22-13-16(2)24-17(3)14-22/h16-17H,4-15H2,1-3H3,(H,20,21). The summed E-state index contributed by atoms with van der Waals surface area (Å²) in [6.45, 7) is 14.0. The first-order valence-corrected chi connectivity index (χ1v) is 10.0. The summed E-state index contributed by atoms with van der Waals surface area (Å²) in [5.41, 5.74) is 0.635. The van der Waals surface area contributed by atoms with Crippen molar-refractivity contribution in [1.29, 1.82) is 0 Å². The third-order valence-electron chi connectivity index (χ3n) is 5.88. The van der Waals surface area contributed by atoms with E-state index in [1.807, 2.05) is 0 Å². The van der Waals surface area contributed by atoms with Crippen LogP contribution in [0.2, 0.25) is 0 Å². The minimum atomic E-state index is 0.359. The van der Waals surface area contributed by atoms with E-state index < -0.39 is 0 Å². The maximum absolute atomic E-state index is 5.81. The van der Waals surface area contributed by atoms with Crippen molar-refractivity contribution in [3.05, 3.63) is 0 Å². The largest absolute Gasteiger partial charge is 0.373 e. The number of aliphatic imine (C=N–C) groups is 1. The second-order valence-corrected chi connectivity index (χ2v) is 8.13. The average Bonchev–Trinajstić information content (AvgIpc) is 2.95. The van der Waals surface area contributed by atoms with Crippen LogP contribution in [0.5, 0.6) is 0 Å². The normalized spacial score (nSPS) is 30.6. The molecule has 138 valence electrons. The van der Waals surface area contributed by atoms with Gasteiger partial charge in [-0.2, -0.15) is 0 Å². The Kier molecular flexibility index (Phi) is 6.03. The predicted molar refractivity (Wildman–Crippen MR) is 99.5 cm³/mol. The highest BCUT2D eigenvalue weighted by molar-refractivity contribution is 5.80. The topological polar surface area (TPSA) is 40.1 Å². The molecule has 3 rings (SSSR count). The van der Waals surface area contributed by atoms with E-state index in [9.17, 15) is 0 Å². The highest BCUT2D eigenvalue weighted by Gasteiger charge is 2.43. The van der Waals surface area contributed by atoms with Crippen molar-refractivity contribution >= 4 is 5.96 Å². The molecule has 1 spiro atoms. The van der Waals surface area contributed by atoms with Gasteiger partial charge in [0.15, 0.2) is 5.96 Å². The van der Waals surface area contributed by atoms with Gasteiger partial charge in [0.1, 0.15) is 0 Å². The monoisotopic (exact) mass is 336 g/mol. The van der Waals surface area contributed by atoms with Gasteiger partial charge in [-0.3, -0.25) is 9.89 Å². The lowest BCUT2D eigenvalue weighted by atomic mass is 9.68. The number of rotatable bonds is 5. The Labute approximate surface area is 147 Å². The van der Waals surface area contributed by atoms with Crippen LogP contribution in [-0.4, -0.2) is 73.8 Å². The molecule has 24 heavy (non-hydrogen) atoms. The van der Waals surface area contributed by atoms with Gasteiger partial charge in [0.05, 0.1) is 12.2 Å². The van der Waals surface area contributed by atoms with Gasteiger partial charge in [-0.05, 0) is 51.9 Å². The molecule has 1 aliphatic carbocycles. The van der Waals surface area contributed by atoms with E-state index in [0.29, 0.717) is 17.6 Å². The lowest BCUT2D eigenvalue weighted by molar-refractivity contribution is -0.0679. The molecule has 0 aromatic rings. The van der Waals surface area contributed by atoms with Crippen LogP contribution in [-0.2, 0) is 4.74 Å². The third-order valence-corrected chi connectivity index (χ3v) is 5.88. The molecule has 0 bridgehead atoms. The van der Waals surface area contributed by atoms with E-state index in [-0.39, 0.29) is 0 Å². The molecule has 0 aromatic heterocycles. The van der Waals surface area contributed by atoms with Gasteiger partial charge in [-0.1, -0.05) is 6.42 Å². The molecule has 2 atom stereocenters. The molecule has 2 unspecified atom stereocenters. The zero-order valence-corrected chi connectivity index (χ0v) is 15.9. The summed E-state index contributed by atoms with van der Waals surface area (Å²) in [6, 6.07) is 0. The van der Waals surface area contributed by atoms with Crippen LogP contribution in [0.1, 0.15) is 52.9 Å². The fourth-order valence-electron chi connectivity index (χ4n) is 4.57. The van der Waals surface area contributed by atoms with E-state index in [4.69, 9.17) is 9.73 Å². The summed E-state index contributed by atoms with van der Waals surface area (Å²) in [5.74, 6) is 1.14. The molecule has 3 fully saturated rings. The van der Waals surface area contributed by atoms with E-state index in [1.54, 1.807) is 0 Å². The molecule has 3 aliphatic rings. The smallest absolute Gasteiger partial charge is 0.193 e. The maximum atomic E-state index is 5.81. The Balaban J connectivity index is 1.44. The van der Waals surface area contributed by atoms with Crippen LogP contribution in [0.15, 0.2) is 4.99 Å². The van der Waals surface area contributed by atoms with E-state index in [0.717, 1.165) is 45.1 Å². The molecular formula is C19H36N4O. The first-order chi connectivity index (χ1) is 11.6. The molecule has 0 aromatic carbocycles. The first-order valence-electron chi connectivity index (χ1n) is 10.0. The van der Waals surface area contributed by atoms with Crippen molar-refractivity contribution in [1.82, 2.24) is 15.1 Å². The zero-order chi connectivity index (χ0) is 17.0. The SMILES string of the molecule is CCNC(=NCCCN1CC(C)OC(C)C1)N1CCC2(CCC2)C1. The zero-order valence-electron chi connectivity index (χ0n) is 15.9. The summed E-state index contributed by atoms with van der Waals surface area (Å²) in [5, 5.41) is 3.51. The Hall–Kier alpha value is -0.810. The molecule has 5 heteroatoms. The lowest BCUT2D eigenvalue weighted by Gasteiger charge is -2.38. The highest BCUT2D eigenvalue weighted by Crippen LogP contribution is 2.47. The van der Waals surface area contributed by atoms with Crippen LogP contribution in [0.4, 0.5) is 0 Å². The van der Waals surface area contributed by atoms with Gasteiger partial charge in [-0.25, -0.2) is 0 Å². The molecule has 5 nitrogen and oxygen atoms in total. The van der Waals surface area contributed by atoms with Crippen LogP contribution in [0.3, 0.4) is 0 Å². The lowest BCUT2D eigenvalue weighted by Crippen LogP contribution is -2.45. The quantitative estimate of drug-likeness (QED) is 0.475. The van der Waals surface area contributed by atoms with Gasteiger partial charge >= 0.3 is 0 Å². The Morgan fingerprint density at radius 1 is 1.21 bits per heavy atom. The number of guanidine groups is 1. The summed E-state index contributed by atoms with van der Waals surface area (Å²) in [6.07, 6.45) is 7.49. The number of hydrogen-bond acceptors (Lipinski definition) is 3. The Morgan fingerprint density at radius 2 is 1.96 bits per heavy atom. The van der Waals surface area contributed by atoms with Crippen molar-refractivity contribution in [3.8, 4) is 0 Å². The van der Waals surface area contributed by atoms with Crippen LogP contribution in [0.25, 0.3) is 0 Å². The molecule has 0 radical (unpaired) electrons. The predicted octanol–water partition coefficient (Wildman–Crippen LogP) is 2.33.